The molecule has 2 fully saturated rings. The number of fused-ring (bicyclic) bond motifs is 1. The third kappa shape index (κ3) is 2.88. The lowest BCUT2D eigenvalue weighted by Gasteiger charge is -2.43. The lowest BCUT2D eigenvalue weighted by atomic mass is 9.96. The highest BCUT2D eigenvalue weighted by Gasteiger charge is 2.64. The standard InChI is InChI=1S/C15H21N3O5S/c1-6-7(2)8(17-23-5)11(19)16-9-12(20)18-10(14(21)22)15(3,4)24-13(9)18/h6,9-10,13H,1-5H3,(H,16,19)(H,21,22)/b7-6+,17-8-/t9-,10+,13-/m1/s1. The molecule has 2 aliphatic rings. The fraction of sp³-hybridized carbons (Fsp3) is 0.600. The summed E-state index contributed by atoms with van der Waals surface area (Å²) in [6, 6.07) is -1.67. The van der Waals surface area contributed by atoms with Crippen molar-refractivity contribution in [2.24, 2.45) is 5.16 Å². The van der Waals surface area contributed by atoms with E-state index in [0.29, 0.717) is 5.57 Å². The molecular weight excluding hydrogens is 334 g/mol. The fourth-order valence-electron chi connectivity index (χ4n) is 2.88. The first kappa shape index (κ1) is 18.3. The number of nitrogens with one attached hydrogen (secondary N) is 1. The maximum atomic E-state index is 12.4. The van der Waals surface area contributed by atoms with Gasteiger partial charge in [-0.2, -0.15) is 0 Å². The van der Waals surface area contributed by atoms with Crippen molar-refractivity contribution in [3.8, 4) is 0 Å². The number of carbonyl (C=O) groups is 3. The summed E-state index contributed by atoms with van der Waals surface area (Å²) in [4.78, 5) is 42.2. The van der Waals surface area contributed by atoms with Gasteiger partial charge in [0.15, 0.2) is 5.71 Å². The van der Waals surface area contributed by atoms with Gasteiger partial charge in [-0.05, 0) is 33.3 Å². The van der Waals surface area contributed by atoms with Gasteiger partial charge in [0.1, 0.15) is 24.6 Å². The van der Waals surface area contributed by atoms with E-state index in [2.05, 4.69) is 15.3 Å². The fourth-order valence-corrected chi connectivity index (χ4v) is 4.50. The Morgan fingerprint density at radius 3 is 2.58 bits per heavy atom. The first-order valence-electron chi connectivity index (χ1n) is 7.43. The zero-order valence-electron chi connectivity index (χ0n) is 14.2. The number of nitrogens with zero attached hydrogens (tertiary/aromatic N) is 2. The number of carbonyl (C=O) groups excluding carboxylic acids is 2. The van der Waals surface area contributed by atoms with Crippen molar-refractivity contribution < 1.29 is 24.3 Å². The van der Waals surface area contributed by atoms with Crippen molar-refractivity contribution in [1.82, 2.24) is 10.2 Å². The van der Waals surface area contributed by atoms with Crippen LogP contribution in [0.1, 0.15) is 27.7 Å². The quantitative estimate of drug-likeness (QED) is 0.424. The lowest BCUT2D eigenvalue weighted by molar-refractivity contribution is -0.160. The zero-order chi connectivity index (χ0) is 18.2. The molecule has 3 atom stereocenters. The molecule has 2 N–H and O–H groups in total. The van der Waals surface area contributed by atoms with E-state index in [1.807, 2.05) is 0 Å². The van der Waals surface area contributed by atoms with Gasteiger partial charge in [-0.25, -0.2) is 4.79 Å². The van der Waals surface area contributed by atoms with Crippen LogP contribution in [0.5, 0.6) is 0 Å². The van der Waals surface area contributed by atoms with Gasteiger partial charge in [-0.3, -0.25) is 9.59 Å². The molecule has 0 spiro atoms. The molecule has 9 heteroatoms. The van der Waals surface area contributed by atoms with E-state index in [-0.39, 0.29) is 5.71 Å². The van der Waals surface area contributed by atoms with Crippen LogP contribution < -0.4 is 5.32 Å². The first-order chi connectivity index (χ1) is 11.2. The minimum atomic E-state index is -1.04. The van der Waals surface area contributed by atoms with Crippen LogP contribution in [0, 0.1) is 0 Å². The molecule has 2 heterocycles. The molecule has 8 nitrogen and oxygen atoms in total. The van der Waals surface area contributed by atoms with E-state index in [9.17, 15) is 19.5 Å². The van der Waals surface area contributed by atoms with E-state index in [4.69, 9.17) is 0 Å². The van der Waals surface area contributed by atoms with E-state index < -0.39 is 40.0 Å². The number of aliphatic carboxylic acids is 1. The molecule has 0 aliphatic carbocycles. The van der Waals surface area contributed by atoms with Gasteiger partial charge in [-0.1, -0.05) is 11.2 Å². The second-order valence-electron chi connectivity index (χ2n) is 6.14. The topological polar surface area (TPSA) is 108 Å². The van der Waals surface area contributed by atoms with Gasteiger partial charge in [-0.15, -0.1) is 11.8 Å². The van der Waals surface area contributed by atoms with Gasteiger partial charge >= 0.3 is 5.97 Å². The summed E-state index contributed by atoms with van der Waals surface area (Å²) in [5.74, 6) is -1.96. The summed E-state index contributed by atoms with van der Waals surface area (Å²) in [5, 5.41) is 15.3. The summed E-state index contributed by atoms with van der Waals surface area (Å²) in [7, 11) is 1.33. The Labute approximate surface area is 144 Å². The maximum absolute atomic E-state index is 12.4. The van der Waals surface area contributed by atoms with Gasteiger partial charge in [0, 0.05) is 4.75 Å². The summed E-state index contributed by atoms with van der Waals surface area (Å²) in [6.45, 7) is 7.03. The number of rotatable bonds is 5. The Kier molecular flexibility index (Phi) is 4.93. The minimum Gasteiger partial charge on any atom is -0.480 e. The average molecular weight is 355 g/mol. The molecule has 0 saturated carbocycles. The average Bonchev–Trinajstić information content (AvgIpc) is 2.77. The Balaban J connectivity index is 2.17. The smallest absolute Gasteiger partial charge is 0.327 e. The molecule has 0 aromatic rings. The number of hydrogen-bond donors (Lipinski definition) is 2. The van der Waals surface area contributed by atoms with Gasteiger partial charge in [0.05, 0.1) is 0 Å². The normalized spacial score (nSPS) is 29.0. The number of thioether (sulfide) groups is 1. The van der Waals surface area contributed by atoms with Crippen LogP contribution in [0.2, 0.25) is 0 Å². The molecule has 2 saturated heterocycles. The minimum absolute atomic E-state index is 0.0864. The zero-order valence-corrected chi connectivity index (χ0v) is 15.0. The van der Waals surface area contributed by atoms with E-state index in [1.54, 1.807) is 33.8 Å². The maximum Gasteiger partial charge on any atom is 0.327 e. The largest absolute Gasteiger partial charge is 0.480 e. The van der Waals surface area contributed by atoms with E-state index in [0.717, 1.165) is 0 Å². The Morgan fingerprint density at radius 2 is 2.08 bits per heavy atom. The van der Waals surface area contributed by atoms with Crippen molar-refractivity contribution in [2.75, 3.05) is 7.11 Å². The van der Waals surface area contributed by atoms with Gasteiger partial charge in [0.2, 0.25) is 5.91 Å². The van der Waals surface area contributed by atoms with Crippen LogP contribution in [0.15, 0.2) is 16.8 Å². The van der Waals surface area contributed by atoms with Crippen molar-refractivity contribution in [1.29, 1.82) is 0 Å². The predicted octanol–water partition coefficient (Wildman–Crippen LogP) is 0.587. The number of β-lactam (4-membered cyclic amide) rings is 1. The number of carboxylic acids is 1. The highest BCUT2D eigenvalue weighted by Crippen LogP contribution is 2.50. The summed E-state index contributed by atoms with van der Waals surface area (Å²) in [6.07, 6.45) is 1.71. The monoisotopic (exact) mass is 355 g/mol. The third-order valence-corrected chi connectivity index (χ3v) is 5.74. The predicted molar refractivity (Wildman–Crippen MR) is 89.5 cm³/mol. The number of allylic oxidation sites excluding steroid dienone is 1. The second kappa shape index (κ2) is 6.46. The molecule has 2 aliphatic heterocycles. The number of hydrogen-bond acceptors (Lipinski definition) is 6. The molecule has 0 unspecified atom stereocenters. The van der Waals surface area contributed by atoms with E-state index in [1.165, 1.54) is 23.8 Å². The Morgan fingerprint density at radius 1 is 1.46 bits per heavy atom. The van der Waals surface area contributed by atoms with Crippen molar-refractivity contribution in [3.05, 3.63) is 11.6 Å². The van der Waals surface area contributed by atoms with Crippen molar-refractivity contribution >= 4 is 35.3 Å². The summed E-state index contributed by atoms with van der Waals surface area (Å²) in [5.41, 5.74) is 0.698. The molecule has 132 valence electrons. The molecule has 0 aromatic heterocycles. The molecule has 0 aromatic carbocycles. The second-order valence-corrected chi connectivity index (χ2v) is 7.91. The molecule has 0 radical (unpaired) electrons. The number of carboxylic acid groups (broad SMARTS) is 1. The third-order valence-electron chi connectivity index (χ3n) is 4.17. The van der Waals surface area contributed by atoms with Crippen LogP contribution in [-0.4, -0.2) is 62.8 Å². The van der Waals surface area contributed by atoms with E-state index >= 15 is 0 Å². The van der Waals surface area contributed by atoms with Crippen LogP contribution >= 0.6 is 11.8 Å². The molecule has 2 amide bonds. The van der Waals surface area contributed by atoms with Crippen LogP contribution in [0.3, 0.4) is 0 Å². The molecule has 2 rings (SSSR count). The SMILES string of the molecule is C/C=C(C)/C(=N/OC)C(=O)N[C@@H]1C(=O)N2[C@@H]1SC(C)(C)[C@@H]2C(=O)O. The van der Waals surface area contributed by atoms with Crippen molar-refractivity contribution in [2.45, 2.75) is 49.9 Å². The molecular formula is C15H21N3O5S. The molecule has 0 bridgehead atoms. The van der Waals surface area contributed by atoms with Crippen LogP contribution in [-0.2, 0) is 19.2 Å². The number of oxime groups is 1. The summed E-state index contributed by atoms with van der Waals surface area (Å²) < 4.78 is -0.631. The summed E-state index contributed by atoms with van der Waals surface area (Å²) >= 11 is 1.37. The Hall–Kier alpha value is -2.03. The highest BCUT2D eigenvalue weighted by atomic mass is 32.2. The number of amides is 2. The van der Waals surface area contributed by atoms with Crippen LogP contribution in [0.25, 0.3) is 0 Å². The van der Waals surface area contributed by atoms with Crippen LogP contribution in [0.4, 0.5) is 0 Å². The first-order valence-corrected chi connectivity index (χ1v) is 8.31. The van der Waals surface area contributed by atoms with Gasteiger partial charge in [0.25, 0.3) is 5.91 Å². The molecule has 24 heavy (non-hydrogen) atoms. The van der Waals surface area contributed by atoms with Gasteiger partial charge < -0.3 is 20.2 Å². The Bertz CT molecular complexity index is 643. The highest BCUT2D eigenvalue weighted by molar-refractivity contribution is 8.01. The van der Waals surface area contributed by atoms with Crippen molar-refractivity contribution in [3.63, 3.8) is 0 Å². The lowest BCUT2D eigenvalue weighted by Crippen LogP contribution is -2.71.